The number of thiazole rings is 1. The average molecular weight is 348 g/mol. The Hall–Kier alpha value is -3.30. The molecule has 0 amide bonds. The van der Waals surface area contributed by atoms with E-state index in [-0.39, 0.29) is 16.0 Å². The zero-order valence-corrected chi connectivity index (χ0v) is 13.5. The predicted octanol–water partition coefficient (Wildman–Crippen LogP) is 4.83. The van der Waals surface area contributed by atoms with Gasteiger partial charge in [0.15, 0.2) is 0 Å². The van der Waals surface area contributed by atoms with Crippen LogP contribution in [0.25, 0.3) is 32.1 Å². The lowest BCUT2D eigenvalue weighted by Crippen LogP contribution is -1.93. The van der Waals surface area contributed by atoms with Gasteiger partial charge in [-0.15, -0.1) is 11.3 Å². The normalized spacial score (nSPS) is 10.9. The SMILES string of the molecule is N#Cc1ccc(-c2cccc3nc(C(=O)O)sc23)c2cccc(F)c12. The molecule has 0 radical (unpaired) electrons. The van der Waals surface area contributed by atoms with Gasteiger partial charge in [0, 0.05) is 10.9 Å². The van der Waals surface area contributed by atoms with Gasteiger partial charge in [0.25, 0.3) is 0 Å². The zero-order valence-electron chi connectivity index (χ0n) is 12.7. The van der Waals surface area contributed by atoms with Gasteiger partial charge in [-0.2, -0.15) is 5.26 Å². The van der Waals surface area contributed by atoms with Crippen LogP contribution in [0, 0.1) is 17.1 Å². The number of hydrogen-bond donors (Lipinski definition) is 1. The maximum atomic E-state index is 14.3. The van der Waals surface area contributed by atoms with E-state index in [1.807, 2.05) is 12.1 Å². The van der Waals surface area contributed by atoms with Crippen LogP contribution in [0.1, 0.15) is 15.4 Å². The molecule has 0 aliphatic carbocycles. The van der Waals surface area contributed by atoms with Gasteiger partial charge in [-0.1, -0.05) is 30.3 Å². The number of carbonyl (C=O) groups is 1. The third-order valence-electron chi connectivity index (χ3n) is 4.00. The van der Waals surface area contributed by atoms with Crippen molar-refractivity contribution in [2.75, 3.05) is 0 Å². The predicted molar refractivity (Wildman–Crippen MR) is 94.2 cm³/mol. The second kappa shape index (κ2) is 5.65. The van der Waals surface area contributed by atoms with E-state index in [1.165, 1.54) is 6.07 Å². The highest BCUT2D eigenvalue weighted by atomic mass is 32.1. The van der Waals surface area contributed by atoms with Crippen LogP contribution < -0.4 is 0 Å². The monoisotopic (exact) mass is 348 g/mol. The van der Waals surface area contributed by atoms with E-state index in [2.05, 4.69) is 4.98 Å². The lowest BCUT2D eigenvalue weighted by atomic mass is 9.95. The number of aromatic carboxylic acids is 1. The van der Waals surface area contributed by atoms with Gasteiger partial charge in [-0.05, 0) is 29.1 Å². The number of carboxylic acids is 1. The lowest BCUT2D eigenvalue weighted by molar-refractivity contribution is 0.0696. The van der Waals surface area contributed by atoms with Gasteiger partial charge in [-0.25, -0.2) is 14.2 Å². The Bertz CT molecular complexity index is 1210. The van der Waals surface area contributed by atoms with Gasteiger partial charge in [0.05, 0.1) is 21.8 Å². The number of carboxylic acid groups (broad SMARTS) is 1. The van der Waals surface area contributed by atoms with Crippen LogP contribution in [0.4, 0.5) is 4.39 Å². The number of nitrogens with zero attached hydrogens (tertiary/aromatic N) is 2. The van der Waals surface area contributed by atoms with Gasteiger partial charge >= 0.3 is 5.97 Å². The van der Waals surface area contributed by atoms with Crippen molar-refractivity contribution in [2.45, 2.75) is 0 Å². The van der Waals surface area contributed by atoms with Crippen molar-refractivity contribution >= 4 is 38.3 Å². The van der Waals surface area contributed by atoms with E-state index in [4.69, 9.17) is 0 Å². The summed E-state index contributed by atoms with van der Waals surface area (Å²) in [6, 6.07) is 15.4. The summed E-state index contributed by atoms with van der Waals surface area (Å²) in [6.45, 7) is 0. The van der Waals surface area contributed by atoms with Crippen LogP contribution in [0.15, 0.2) is 48.5 Å². The molecule has 4 rings (SSSR count). The third kappa shape index (κ3) is 2.33. The first-order valence-electron chi connectivity index (χ1n) is 7.34. The molecule has 1 N–H and O–H groups in total. The number of fused-ring (bicyclic) bond motifs is 2. The molecule has 4 nitrogen and oxygen atoms in total. The zero-order chi connectivity index (χ0) is 17.6. The van der Waals surface area contributed by atoms with E-state index in [0.717, 1.165) is 27.2 Å². The fourth-order valence-corrected chi connectivity index (χ4v) is 3.87. The Morgan fingerprint density at radius 3 is 2.68 bits per heavy atom. The summed E-state index contributed by atoms with van der Waals surface area (Å²) in [7, 11) is 0. The fourth-order valence-electron chi connectivity index (χ4n) is 2.94. The molecule has 0 atom stereocenters. The molecular weight excluding hydrogens is 339 g/mol. The Balaban J connectivity index is 2.10. The fraction of sp³-hybridized carbons (Fsp3) is 0. The van der Waals surface area contributed by atoms with Gasteiger partial charge in [0.1, 0.15) is 5.82 Å². The van der Waals surface area contributed by atoms with Crippen molar-refractivity contribution in [3.05, 3.63) is 64.9 Å². The van der Waals surface area contributed by atoms with Gasteiger partial charge in [-0.3, -0.25) is 0 Å². The highest BCUT2D eigenvalue weighted by molar-refractivity contribution is 7.20. The van der Waals surface area contributed by atoms with E-state index < -0.39 is 11.8 Å². The number of benzene rings is 3. The number of rotatable bonds is 2. The molecular formula is C19H9FN2O2S. The maximum absolute atomic E-state index is 14.3. The van der Waals surface area contributed by atoms with Crippen molar-refractivity contribution in [1.29, 1.82) is 5.26 Å². The van der Waals surface area contributed by atoms with Crippen LogP contribution in [0.2, 0.25) is 0 Å². The summed E-state index contributed by atoms with van der Waals surface area (Å²) in [4.78, 5) is 15.3. The Labute approximate surface area is 145 Å². The number of nitriles is 1. The first kappa shape index (κ1) is 15.2. The molecule has 25 heavy (non-hydrogen) atoms. The van der Waals surface area contributed by atoms with Crippen molar-refractivity contribution in [3.63, 3.8) is 0 Å². The highest BCUT2D eigenvalue weighted by Crippen LogP contribution is 2.38. The molecule has 0 fully saturated rings. The third-order valence-corrected chi connectivity index (χ3v) is 5.09. The van der Waals surface area contributed by atoms with Crippen LogP contribution in [-0.2, 0) is 0 Å². The molecule has 0 aliphatic rings. The molecule has 6 heteroatoms. The maximum Gasteiger partial charge on any atom is 0.365 e. The second-order valence-electron chi connectivity index (χ2n) is 5.41. The van der Waals surface area contributed by atoms with E-state index in [1.54, 1.807) is 36.4 Å². The Kier molecular flexibility index (Phi) is 3.45. The summed E-state index contributed by atoms with van der Waals surface area (Å²) < 4.78 is 15.0. The summed E-state index contributed by atoms with van der Waals surface area (Å²) in [5.41, 5.74) is 2.34. The molecule has 3 aromatic carbocycles. The molecule has 120 valence electrons. The average Bonchev–Trinajstić information content (AvgIpc) is 3.06. The topological polar surface area (TPSA) is 74.0 Å². The number of aromatic nitrogens is 1. The molecule has 1 aromatic heterocycles. The second-order valence-corrected chi connectivity index (χ2v) is 6.41. The molecule has 0 aliphatic heterocycles. The van der Waals surface area contributed by atoms with Crippen LogP contribution in [0.5, 0.6) is 0 Å². The van der Waals surface area contributed by atoms with E-state index in [9.17, 15) is 19.6 Å². The van der Waals surface area contributed by atoms with Crippen LogP contribution in [-0.4, -0.2) is 16.1 Å². The standard InChI is InChI=1S/C19H9FN2O2S/c20-14-5-1-3-12-11(8-7-10(9-21)16(12)14)13-4-2-6-15-17(13)25-18(22-15)19(23)24/h1-8H,(H,23,24). The van der Waals surface area contributed by atoms with E-state index >= 15 is 0 Å². The summed E-state index contributed by atoms with van der Waals surface area (Å²) >= 11 is 1.08. The first-order chi connectivity index (χ1) is 12.1. The first-order valence-corrected chi connectivity index (χ1v) is 8.16. The quantitative estimate of drug-likeness (QED) is 0.563. The smallest absolute Gasteiger partial charge is 0.365 e. The summed E-state index contributed by atoms with van der Waals surface area (Å²) in [5.74, 6) is -1.54. The van der Waals surface area contributed by atoms with Crippen LogP contribution >= 0.6 is 11.3 Å². The molecule has 0 saturated heterocycles. The largest absolute Gasteiger partial charge is 0.476 e. The van der Waals surface area contributed by atoms with E-state index in [0.29, 0.717) is 10.9 Å². The lowest BCUT2D eigenvalue weighted by Gasteiger charge is -2.09. The van der Waals surface area contributed by atoms with Gasteiger partial charge < -0.3 is 5.11 Å². The minimum Gasteiger partial charge on any atom is -0.476 e. The number of hydrogen-bond acceptors (Lipinski definition) is 4. The molecule has 0 saturated carbocycles. The van der Waals surface area contributed by atoms with Crippen molar-refractivity contribution in [2.24, 2.45) is 0 Å². The molecule has 1 heterocycles. The highest BCUT2D eigenvalue weighted by Gasteiger charge is 2.17. The minimum atomic E-state index is -1.08. The van der Waals surface area contributed by atoms with Crippen molar-refractivity contribution in [3.8, 4) is 17.2 Å². The van der Waals surface area contributed by atoms with Crippen molar-refractivity contribution in [1.82, 2.24) is 4.98 Å². The molecule has 4 aromatic rings. The van der Waals surface area contributed by atoms with Gasteiger partial charge in [0.2, 0.25) is 5.01 Å². The minimum absolute atomic E-state index is 0.00609. The summed E-state index contributed by atoms with van der Waals surface area (Å²) in [6.07, 6.45) is 0. The molecule has 0 spiro atoms. The summed E-state index contributed by atoms with van der Waals surface area (Å²) in [5, 5.41) is 19.3. The Morgan fingerprint density at radius 1 is 1.12 bits per heavy atom. The van der Waals surface area contributed by atoms with Crippen LogP contribution in [0.3, 0.4) is 0 Å². The molecule has 0 unspecified atom stereocenters. The Morgan fingerprint density at radius 2 is 1.92 bits per heavy atom. The molecule has 0 bridgehead atoms. The number of halogens is 1. The van der Waals surface area contributed by atoms with Crippen molar-refractivity contribution < 1.29 is 14.3 Å².